The van der Waals surface area contributed by atoms with Gasteiger partial charge in [-0.15, -0.1) is 0 Å². The van der Waals surface area contributed by atoms with Gasteiger partial charge in [0.15, 0.2) is 11.5 Å². The molecule has 27 heavy (non-hydrogen) atoms. The molecule has 0 bridgehead atoms. The van der Waals surface area contributed by atoms with Gasteiger partial charge in [0, 0.05) is 24.9 Å². The molecule has 0 fully saturated rings. The molecule has 1 atom stereocenters. The summed E-state index contributed by atoms with van der Waals surface area (Å²) >= 11 is 0. The Morgan fingerprint density at radius 3 is 2.33 bits per heavy atom. The normalized spacial score (nSPS) is 13.2. The van der Waals surface area contributed by atoms with Gasteiger partial charge in [-0.05, 0) is 36.8 Å². The van der Waals surface area contributed by atoms with Crippen LogP contribution in [0.3, 0.4) is 0 Å². The molecule has 2 aromatic carbocycles. The molecule has 0 aliphatic heterocycles. The van der Waals surface area contributed by atoms with Gasteiger partial charge in [-0.1, -0.05) is 32.0 Å². The van der Waals surface area contributed by atoms with E-state index >= 15 is 0 Å². The molecular formula is C20H26N2O4S. The molecule has 0 spiro atoms. The third-order valence-electron chi connectivity index (χ3n) is 4.39. The quantitative estimate of drug-likeness (QED) is 0.698. The van der Waals surface area contributed by atoms with Crippen molar-refractivity contribution >= 4 is 16.2 Å². The van der Waals surface area contributed by atoms with Crippen molar-refractivity contribution in [3.63, 3.8) is 0 Å². The zero-order chi connectivity index (χ0) is 20.0. The van der Waals surface area contributed by atoms with E-state index < -0.39 is 10.0 Å². The predicted octanol–water partition coefficient (Wildman–Crippen LogP) is 3.61. The highest BCUT2D eigenvalue weighted by Crippen LogP contribution is 2.29. The lowest BCUT2D eigenvalue weighted by molar-refractivity contribution is 0.373. The monoisotopic (exact) mass is 390 g/mol. The first-order chi connectivity index (χ1) is 12.8. The topological polar surface area (TPSA) is 79.2 Å². The summed E-state index contributed by atoms with van der Waals surface area (Å²) in [6, 6.07) is 11.8. The maximum absolute atomic E-state index is 12.5. The maximum Gasteiger partial charge on any atom is 0.243 e. The molecule has 2 rings (SSSR count). The molecule has 0 aromatic heterocycles. The summed E-state index contributed by atoms with van der Waals surface area (Å²) in [6.07, 6.45) is 1.59. The Kier molecular flexibility index (Phi) is 6.98. The maximum atomic E-state index is 12.5. The van der Waals surface area contributed by atoms with E-state index in [1.165, 1.54) is 11.4 Å². The first-order valence-corrected chi connectivity index (χ1v) is 10.3. The predicted molar refractivity (Wildman–Crippen MR) is 107 cm³/mol. The van der Waals surface area contributed by atoms with Crippen LogP contribution >= 0.6 is 0 Å². The van der Waals surface area contributed by atoms with Crippen LogP contribution in [0.25, 0.3) is 0 Å². The molecule has 6 nitrogen and oxygen atoms in total. The fourth-order valence-corrected chi connectivity index (χ4v) is 4.18. The smallest absolute Gasteiger partial charge is 0.243 e. The first kappa shape index (κ1) is 20.9. The Morgan fingerprint density at radius 1 is 1.15 bits per heavy atom. The fourth-order valence-electron chi connectivity index (χ4n) is 2.72. The molecule has 0 heterocycles. The van der Waals surface area contributed by atoms with Crippen molar-refractivity contribution in [1.82, 2.24) is 4.31 Å². The zero-order valence-corrected chi connectivity index (χ0v) is 16.9. The SMILES string of the molecule is CCN(CC)S(=O)(=O)c1ccc([C@@H](C)N=Cc2cccc(OC)c2O)cc1. The van der Waals surface area contributed by atoms with Crippen LogP contribution in [-0.2, 0) is 10.0 Å². The van der Waals surface area contributed by atoms with Gasteiger partial charge in [-0.3, -0.25) is 4.99 Å². The molecule has 0 aliphatic rings. The summed E-state index contributed by atoms with van der Waals surface area (Å²) in [5.41, 5.74) is 1.44. The van der Waals surface area contributed by atoms with E-state index in [0.29, 0.717) is 24.4 Å². The Labute approximate surface area is 161 Å². The number of methoxy groups -OCH3 is 1. The number of benzene rings is 2. The van der Waals surface area contributed by atoms with Crippen molar-refractivity contribution in [3.05, 3.63) is 53.6 Å². The van der Waals surface area contributed by atoms with Crippen molar-refractivity contribution in [2.24, 2.45) is 4.99 Å². The Bertz CT molecular complexity index is 889. The molecule has 0 radical (unpaired) electrons. The molecule has 0 unspecified atom stereocenters. The van der Waals surface area contributed by atoms with Gasteiger partial charge in [0.2, 0.25) is 10.0 Å². The Hall–Kier alpha value is -2.38. The van der Waals surface area contributed by atoms with E-state index in [0.717, 1.165) is 5.56 Å². The Morgan fingerprint density at radius 2 is 1.78 bits per heavy atom. The number of sulfonamides is 1. The zero-order valence-electron chi connectivity index (χ0n) is 16.1. The lowest BCUT2D eigenvalue weighted by Crippen LogP contribution is -2.30. The van der Waals surface area contributed by atoms with Crippen LogP contribution in [0, 0.1) is 0 Å². The lowest BCUT2D eigenvalue weighted by atomic mass is 10.1. The summed E-state index contributed by atoms with van der Waals surface area (Å²) in [5, 5.41) is 10.1. The second kappa shape index (κ2) is 9.01. The highest BCUT2D eigenvalue weighted by Gasteiger charge is 2.21. The fraction of sp³-hybridized carbons (Fsp3) is 0.350. The van der Waals surface area contributed by atoms with Crippen LogP contribution < -0.4 is 4.74 Å². The van der Waals surface area contributed by atoms with Crippen molar-refractivity contribution in [2.45, 2.75) is 31.7 Å². The average Bonchev–Trinajstić information content (AvgIpc) is 2.67. The van der Waals surface area contributed by atoms with E-state index in [1.807, 2.05) is 20.8 Å². The molecular weight excluding hydrogens is 364 g/mol. The van der Waals surface area contributed by atoms with Crippen LogP contribution in [0.5, 0.6) is 11.5 Å². The molecule has 2 aromatic rings. The van der Waals surface area contributed by atoms with E-state index in [-0.39, 0.29) is 16.7 Å². The number of nitrogens with zero attached hydrogens (tertiary/aromatic N) is 2. The molecule has 7 heteroatoms. The van der Waals surface area contributed by atoms with Gasteiger partial charge in [-0.25, -0.2) is 8.42 Å². The number of aromatic hydroxyl groups is 1. The standard InChI is InChI=1S/C20H26N2O4S/c1-5-22(6-2)27(24,25)18-12-10-16(11-13-18)15(3)21-14-17-8-7-9-19(26-4)20(17)23/h7-15,23H,5-6H2,1-4H3/t15-/m1/s1. The minimum atomic E-state index is -3.46. The summed E-state index contributed by atoms with van der Waals surface area (Å²) in [7, 11) is -1.97. The van der Waals surface area contributed by atoms with Gasteiger partial charge in [0.25, 0.3) is 0 Å². The number of rotatable bonds is 8. The highest BCUT2D eigenvalue weighted by atomic mass is 32.2. The molecule has 0 saturated heterocycles. The summed E-state index contributed by atoms with van der Waals surface area (Å²) < 4.78 is 31.6. The first-order valence-electron chi connectivity index (χ1n) is 8.84. The molecule has 146 valence electrons. The Balaban J connectivity index is 2.20. The van der Waals surface area contributed by atoms with Crippen LogP contribution in [0.4, 0.5) is 0 Å². The molecule has 0 amide bonds. The summed E-state index contributed by atoms with van der Waals surface area (Å²) in [4.78, 5) is 4.73. The summed E-state index contributed by atoms with van der Waals surface area (Å²) in [5.74, 6) is 0.425. The highest BCUT2D eigenvalue weighted by molar-refractivity contribution is 7.89. The van der Waals surface area contributed by atoms with E-state index in [9.17, 15) is 13.5 Å². The van der Waals surface area contributed by atoms with Gasteiger partial charge in [0.1, 0.15) is 0 Å². The third-order valence-corrected chi connectivity index (χ3v) is 6.46. The van der Waals surface area contributed by atoms with Crippen LogP contribution in [-0.4, -0.2) is 44.2 Å². The van der Waals surface area contributed by atoms with Crippen LogP contribution in [0.15, 0.2) is 52.4 Å². The average molecular weight is 391 g/mol. The third kappa shape index (κ3) is 4.67. The molecule has 0 aliphatic carbocycles. The van der Waals surface area contributed by atoms with E-state index in [4.69, 9.17) is 4.74 Å². The second-order valence-corrected chi connectivity index (χ2v) is 7.95. The molecule has 0 saturated carbocycles. The van der Waals surface area contributed by atoms with Crippen molar-refractivity contribution in [3.8, 4) is 11.5 Å². The minimum Gasteiger partial charge on any atom is -0.504 e. The van der Waals surface area contributed by atoms with Crippen LogP contribution in [0.1, 0.15) is 37.9 Å². The second-order valence-electron chi connectivity index (χ2n) is 6.01. The van der Waals surface area contributed by atoms with Gasteiger partial charge < -0.3 is 9.84 Å². The number of hydrogen-bond acceptors (Lipinski definition) is 5. The number of hydrogen-bond donors (Lipinski definition) is 1. The number of ether oxygens (including phenoxy) is 1. The summed E-state index contributed by atoms with van der Waals surface area (Å²) in [6.45, 7) is 6.42. The largest absolute Gasteiger partial charge is 0.504 e. The van der Waals surface area contributed by atoms with Crippen molar-refractivity contribution in [2.75, 3.05) is 20.2 Å². The van der Waals surface area contributed by atoms with E-state index in [2.05, 4.69) is 4.99 Å². The lowest BCUT2D eigenvalue weighted by Gasteiger charge is -2.18. The number of para-hydroxylation sites is 1. The molecule has 1 N–H and O–H groups in total. The number of aliphatic imine (C=N–C) groups is 1. The minimum absolute atomic E-state index is 0.0385. The number of phenolic OH excluding ortho intramolecular Hbond substituents is 1. The van der Waals surface area contributed by atoms with Gasteiger partial charge in [-0.2, -0.15) is 4.31 Å². The van der Waals surface area contributed by atoms with Gasteiger partial charge >= 0.3 is 0 Å². The van der Waals surface area contributed by atoms with Crippen molar-refractivity contribution < 1.29 is 18.3 Å². The number of phenols is 1. The van der Waals surface area contributed by atoms with Gasteiger partial charge in [0.05, 0.1) is 18.0 Å². The van der Waals surface area contributed by atoms with Crippen LogP contribution in [0.2, 0.25) is 0 Å². The van der Waals surface area contributed by atoms with Crippen molar-refractivity contribution in [1.29, 1.82) is 0 Å². The van der Waals surface area contributed by atoms with E-state index in [1.54, 1.807) is 48.7 Å².